The van der Waals surface area contributed by atoms with Gasteiger partial charge in [0, 0.05) is 18.0 Å². The van der Waals surface area contributed by atoms with Crippen molar-refractivity contribution in [2.45, 2.75) is 32.9 Å². The minimum Gasteiger partial charge on any atom is -0.497 e. The Hall–Kier alpha value is -1.39. The molecule has 3 nitrogen and oxygen atoms in total. The van der Waals surface area contributed by atoms with E-state index in [4.69, 9.17) is 4.74 Å². The van der Waals surface area contributed by atoms with Gasteiger partial charge in [-0.2, -0.15) is 0 Å². The molecule has 0 saturated carbocycles. The number of methoxy groups -OCH3 is 1. The predicted molar refractivity (Wildman–Crippen MR) is 79.7 cm³/mol. The Bertz CT molecular complexity index is 524. The summed E-state index contributed by atoms with van der Waals surface area (Å²) in [6, 6.07) is 8.44. The van der Waals surface area contributed by atoms with Gasteiger partial charge in [0.05, 0.1) is 17.8 Å². The summed E-state index contributed by atoms with van der Waals surface area (Å²) in [6.45, 7) is 5.09. The summed E-state index contributed by atoms with van der Waals surface area (Å²) in [6.07, 6.45) is 1.01. The number of ether oxygens (including phenoxy) is 1. The van der Waals surface area contributed by atoms with Crippen LogP contribution in [-0.4, -0.2) is 12.1 Å². The van der Waals surface area contributed by atoms with E-state index in [-0.39, 0.29) is 6.04 Å². The molecule has 1 heterocycles. The van der Waals surface area contributed by atoms with Gasteiger partial charge in [0.1, 0.15) is 5.75 Å². The molecule has 0 radical (unpaired) electrons. The fraction of sp³-hybridized carbons (Fsp3) is 0.400. The topological polar surface area (TPSA) is 34.2 Å². The first kappa shape index (κ1) is 14.0. The Balaban J connectivity index is 1.94. The van der Waals surface area contributed by atoms with Crippen LogP contribution in [0.2, 0.25) is 0 Å². The van der Waals surface area contributed by atoms with Gasteiger partial charge in [-0.1, -0.05) is 19.1 Å². The van der Waals surface area contributed by atoms with E-state index >= 15 is 0 Å². The Morgan fingerprint density at radius 3 is 2.95 bits per heavy atom. The van der Waals surface area contributed by atoms with E-state index in [0.717, 1.165) is 24.4 Å². The summed E-state index contributed by atoms with van der Waals surface area (Å²) >= 11 is 1.73. The second-order valence-electron chi connectivity index (χ2n) is 4.47. The molecule has 1 N–H and O–H groups in total. The van der Waals surface area contributed by atoms with Gasteiger partial charge in [-0.3, -0.25) is 0 Å². The molecule has 2 rings (SSSR count). The van der Waals surface area contributed by atoms with E-state index in [9.17, 15) is 0 Å². The Morgan fingerprint density at radius 2 is 2.26 bits per heavy atom. The zero-order valence-electron chi connectivity index (χ0n) is 11.6. The first-order chi connectivity index (χ1) is 9.22. The minimum atomic E-state index is 0.280. The van der Waals surface area contributed by atoms with Gasteiger partial charge in [-0.15, -0.1) is 11.3 Å². The van der Waals surface area contributed by atoms with Crippen LogP contribution in [-0.2, 0) is 13.0 Å². The zero-order valence-corrected chi connectivity index (χ0v) is 12.5. The average molecular weight is 276 g/mol. The van der Waals surface area contributed by atoms with Crippen molar-refractivity contribution in [3.8, 4) is 5.75 Å². The quantitative estimate of drug-likeness (QED) is 0.876. The van der Waals surface area contributed by atoms with Crippen molar-refractivity contribution in [3.05, 3.63) is 45.9 Å². The van der Waals surface area contributed by atoms with Crippen LogP contribution in [0, 0.1) is 0 Å². The highest BCUT2D eigenvalue weighted by molar-refractivity contribution is 7.09. The normalized spacial score (nSPS) is 12.4. The van der Waals surface area contributed by atoms with Crippen LogP contribution in [0.1, 0.15) is 36.2 Å². The molecule has 0 bridgehead atoms. The first-order valence-electron chi connectivity index (χ1n) is 6.53. The van der Waals surface area contributed by atoms with Crippen LogP contribution in [0.4, 0.5) is 0 Å². The number of thiazole rings is 1. The Morgan fingerprint density at radius 1 is 1.42 bits per heavy atom. The monoisotopic (exact) mass is 276 g/mol. The lowest BCUT2D eigenvalue weighted by atomic mass is 10.1. The summed E-state index contributed by atoms with van der Waals surface area (Å²) in [5, 5.41) is 6.82. The summed E-state index contributed by atoms with van der Waals surface area (Å²) in [4.78, 5) is 4.56. The van der Waals surface area contributed by atoms with Crippen molar-refractivity contribution in [3.63, 3.8) is 0 Å². The number of rotatable bonds is 6. The van der Waals surface area contributed by atoms with Gasteiger partial charge in [-0.05, 0) is 31.0 Å². The van der Waals surface area contributed by atoms with Gasteiger partial charge >= 0.3 is 0 Å². The number of nitrogens with zero attached hydrogens (tertiary/aromatic N) is 1. The number of hydrogen-bond donors (Lipinski definition) is 1. The highest BCUT2D eigenvalue weighted by Gasteiger charge is 2.07. The second-order valence-corrected chi connectivity index (χ2v) is 5.41. The van der Waals surface area contributed by atoms with Crippen molar-refractivity contribution in [2.24, 2.45) is 0 Å². The minimum absolute atomic E-state index is 0.280. The Kier molecular flexibility index (Phi) is 4.93. The summed E-state index contributed by atoms with van der Waals surface area (Å²) in [5.74, 6) is 0.896. The zero-order chi connectivity index (χ0) is 13.7. The highest BCUT2D eigenvalue weighted by Crippen LogP contribution is 2.19. The third kappa shape index (κ3) is 3.78. The number of benzene rings is 1. The molecule has 0 spiro atoms. The first-order valence-corrected chi connectivity index (χ1v) is 7.41. The molecule has 1 aromatic heterocycles. The molecule has 0 saturated heterocycles. The summed E-state index contributed by atoms with van der Waals surface area (Å²) in [5.41, 5.74) is 2.35. The molecule has 19 heavy (non-hydrogen) atoms. The fourth-order valence-electron chi connectivity index (χ4n) is 1.88. The maximum atomic E-state index is 5.25. The van der Waals surface area contributed by atoms with Gasteiger partial charge < -0.3 is 10.1 Å². The molecule has 0 unspecified atom stereocenters. The molecule has 0 aliphatic rings. The van der Waals surface area contributed by atoms with E-state index in [0.29, 0.717) is 0 Å². The van der Waals surface area contributed by atoms with Crippen LogP contribution in [0.25, 0.3) is 0 Å². The lowest BCUT2D eigenvalue weighted by Crippen LogP contribution is -2.18. The molecule has 0 fully saturated rings. The SMILES string of the molecule is CCc1nc(CN[C@@H](C)c2cccc(OC)c2)cs1. The molecule has 102 valence electrons. The maximum Gasteiger partial charge on any atom is 0.119 e. The number of aryl methyl sites for hydroxylation is 1. The number of aromatic nitrogens is 1. The molecule has 2 aromatic rings. The molecule has 0 aliphatic heterocycles. The van der Waals surface area contributed by atoms with Crippen LogP contribution < -0.4 is 10.1 Å². The molecule has 1 atom stereocenters. The second kappa shape index (κ2) is 6.68. The average Bonchev–Trinajstić information content (AvgIpc) is 2.93. The molecular weight excluding hydrogens is 256 g/mol. The molecule has 4 heteroatoms. The third-order valence-corrected chi connectivity index (χ3v) is 4.13. The summed E-state index contributed by atoms with van der Waals surface area (Å²) in [7, 11) is 1.69. The molecule has 0 aliphatic carbocycles. The fourth-order valence-corrected chi connectivity index (χ4v) is 2.62. The van der Waals surface area contributed by atoms with Crippen LogP contribution >= 0.6 is 11.3 Å². The van der Waals surface area contributed by atoms with E-state index in [2.05, 4.69) is 41.7 Å². The molecule has 0 amide bonds. The largest absolute Gasteiger partial charge is 0.497 e. The van der Waals surface area contributed by atoms with Crippen LogP contribution in [0.3, 0.4) is 0 Å². The van der Waals surface area contributed by atoms with E-state index in [1.807, 2.05) is 12.1 Å². The number of hydrogen-bond acceptors (Lipinski definition) is 4. The third-order valence-electron chi connectivity index (χ3n) is 3.08. The van der Waals surface area contributed by atoms with Crippen LogP contribution in [0.5, 0.6) is 5.75 Å². The molecular formula is C15H20N2OS. The van der Waals surface area contributed by atoms with Crippen molar-refractivity contribution in [2.75, 3.05) is 7.11 Å². The lowest BCUT2D eigenvalue weighted by molar-refractivity contribution is 0.413. The van der Waals surface area contributed by atoms with Gasteiger partial charge in [0.15, 0.2) is 0 Å². The van der Waals surface area contributed by atoms with Crippen molar-refractivity contribution in [1.82, 2.24) is 10.3 Å². The molecule has 1 aromatic carbocycles. The standard InChI is InChI=1S/C15H20N2OS/c1-4-15-17-13(10-19-15)9-16-11(2)12-6-5-7-14(8-12)18-3/h5-8,10-11,16H,4,9H2,1-3H3/t11-/m0/s1. The van der Waals surface area contributed by atoms with Gasteiger partial charge in [0.25, 0.3) is 0 Å². The predicted octanol–water partition coefficient (Wildman–Crippen LogP) is 3.56. The van der Waals surface area contributed by atoms with Crippen molar-refractivity contribution >= 4 is 11.3 Å². The van der Waals surface area contributed by atoms with Crippen LogP contribution in [0.15, 0.2) is 29.6 Å². The van der Waals surface area contributed by atoms with Gasteiger partial charge in [-0.25, -0.2) is 4.98 Å². The van der Waals surface area contributed by atoms with Crippen molar-refractivity contribution < 1.29 is 4.74 Å². The smallest absolute Gasteiger partial charge is 0.119 e. The maximum absolute atomic E-state index is 5.25. The highest BCUT2D eigenvalue weighted by atomic mass is 32.1. The van der Waals surface area contributed by atoms with E-state index < -0.39 is 0 Å². The van der Waals surface area contributed by atoms with E-state index in [1.54, 1.807) is 18.4 Å². The summed E-state index contributed by atoms with van der Waals surface area (Å²) < 4.78 is 5.25. The van der Waals surface area contributed by atoms with Crippen molar-refractivity contribution in [1.29, 1.82) is 0 Å². The lowest BCUT2D eigenvalue weighted by Gasteiger charge is -2.14. The Labute approximate surface area is 118 Å². The van der Waals surface area contributed by atoms with Gasteiger partial charge in [0.2, 0.25) is 0 Å². The number of nitrogens with one attached hydrogen (secondary N) is 1. The van der Waals surface area contributed by atoms with E-state index in [1.165, 1.54) is 10.6 Å².